The number of piperidine rings is 1. The van der Waals surface area contributed by atoms with Crippen LogP contribution in [0.1, 0.15) is 12.8 Å². The lowest BCUT2D eigenvalue weighted by Crippen LogP contribution is -2.39. The second-order valence-electron chi connectivity index (χ2n) is 3.66. The molecule has 88 valence electrons. The van der Waals surface area contributed by atoms with Crippen LogP contribution in [0.5, 0.6) is 0 Å². The number of rotatable bonds is 1. The van der Waals surface area contributed by atoms with Gasteiger partial charge < -0.3 is 4.90 Å². The topological polar surface area (TPSA) is 29.0 Å². The Morgan fingerprint density at radius 3 is 2.50 bits per heavy atom. The summed E-state index contributed by atoms with van der Waals surface area (Å²) in [4.78, 5) is 9.91. The third-order valence-electron chi connectivity index (χ3n) is 2.47. The van der Waals surface area contributed by atoms with Crippen LogP contribution in [0.4, 0.5) is 14.6 Å². The van der Waals surface area contributed by atoms with Crippen molar-refractivity contribution in [1.82, 2.24) is 9.97 Å². The molecule has 7 heteroatoms. The van der Waals surface area contributed by atoms with Crippen molar-refractivity contribution in [2.75, 3.05) is 18.0 Å². The fourth-order valence-corrected chi connectivity index (χ4v) is 2.43. The zero-order valence-corrected chi connectivity index (χ0v) is 11.2. The maximum Gasteiger partial charge on any atom is 0.251 e. The van der Waals surface area contributed by atoms with E-state index in [1.807, 2.05) is 27.5 Å². The van der Waals surface area contributed by atoms with Gasteiger partial charge in [0.2, 0.25) is 0 Å². The fraction of sp³-hybridized carbons (Fsp3) is 0.556. The van der Waals surface area contributed by atoms with E-state index in [-0.39, 0.29) is 12.8 Å². The minimum atomic E-state index is -2.54. The first-order chi connectivity index (χ1) is 7.46. The lowest BCUT2D eigenvalue weighted by molar-refractivity contribution is -0.0221. The van der Waals surface area contributed by atoms with Gasteiger partial charge in [-0.25, -0.2) is 18.7 Å². The molecule has 0 radical (unpaired) electrons. The molecule has 0 saturated carbocycles. The van der Waals surface area contributed by atoms with Crippen molar-refractivity contribution in [2.24, 2.45) is 0 Å². The number of hydrogen-bond donors (Lipinski definition) is 0. The zero-order chi connectivity index (χ0) is 11.8. The third kappa shape index (κ3) is 2.91. The van der Waals surface area contributed by atoms with Gasteiger partial charge in [0.15, 0.2) is 3.83 Å². The molecular formula is C9H9ClF2IN3. The quantitative estimate of drug-likeness (QED) is 0.438. The van der Waals surface area contributed by atoms with Crippen molar-refractivity contribution in [1.29, 1.82) is 0 Å². The van der Waals surface area contributed by atoms with E-state index in [0.717, 1.165) is 0 Å². The number of halogens is 4. The molecule has 1 aliphatic heterocycles. The Morgan fingerprint density at radius 2 is 1.94 bits per heavy atom. The summed E-state index contributed by atoms with van der Waals surface area (Å²) >= 11 is 7.75. The largest absolute Gasteiger partial charge is 0.356 e. The summed E-state index contributed by atoms with van der Waals surface area (Å²) in [6.07, 6.45) is -0.267. The molecule has 1 aromatic heterocycles. The molecular weight excluding hydrogens is 350 g/mol. The van der Waals surface area contributed by atoms with Crippen LogP contribution in [0.2, 0.25) is 5.15 Å². The van der Waals surface area contributed by atoms with Crippen molar-refractivity contribution >= 4 is 40.0 Å². The maximum absolute atomic E-state index is 13.0. The van der Waals surface area contributed by atoms with Gasteiger partial charge in [-0.1, -0.05) is 11.6 Å². The van der Waals surface area contributed by atoms with Crippen LogP contribution in [0.15, 0.2) is 6.07 Å². The highest BCUT2D eigenvalue weighted by atomic mass is 127. The van der Waals surface area contributed by atoms with E-state index in [0.29, 0.717) is 27.9 Å². The van der Waals surface area contributed by atoms with Gasteiger partial charge in [0.1, 0.15) is 11.0 Å². The Balaban J connectivity index is 2.14. The minimum Gasteiger partial charge on any atom is -0.356 e. The molecule has 2 rings (SSSR count). The van der Waals surface area contributed by atoms with Crippen LogP contribution in [0.3, 0.4) is 0 Å². The third-order valence-corrected chi connectivity index (χ3v) is 3.15. The van der Waals surface area contributed by atoms with E-state index < -0.39 is 5.92 Å². The lowest BCUT2D eigenvalue weighted by atomic mass is 10.1. The molecule has 16 heavy (non-hydrogen) atoms. The summed E-state index contributed by atoms with van der Waals surface area (Å²) in [7, 11) is 0. The van der Waals surface area contributed by atoms with Gasteiger partial charge in [0.05, 0.1) is 0 Å². The average Bonchev–Trinajstić information content (AvgIpc) is 2.15. The monoisotopic (exact) mass is 359 g/mol. The van der Waals surface area contributed by atoms with Crippen molar-refractivity contribution < 1.29 is 8.78 Å². The molecule has 1 aliphatic rings. The van der Waals surface area contributed by atoms with Gasteiger partial charge in [-0.2, -0.15) is 0 Å². The molecule has 0 amide bonds. The number of nitrogens with zero attached hydrogens (tertiary/aromatic N) is 3. The normalized spacial score (nSPS) is 19.9. The van der Waals surface area contributed by atoms with Crippen LogP contribution in [0, 0.1) is 3.83 Å². The van der Waals surface area contributed by atoms with Gasteiger partial charge in [-0.05, 0) is 0 Å². The van der Waals surface area contributed by atoms with Gasteiger partial charge in [0.25, 0.3) is 5.92 Å². The smallest absolute Gasteiger partial charge is 0.251 e. The number of alkyl halides is 2. The number of aromatic nitrogens is 2. The summed E-state index contributed by atoms with van der Waals surface area (Å²) < 4.78 is 26.5. The summed E-state index contributed by atoms with van der Waals surface area (Å²) in [5, 5.41) is 0.340. The van der Waals surface area contributed by atoms with Crippen molar-refractivity contribution in [3.63, 3.8) is 0 Å². The lowest BCUT2D eigenvalue weighted by Gasteiger charge is -2.32. The van der Waals surface area contributed by atoms with Gasteiger partial charge in [-0.15, -0.1) is 0 Å². The van der Waals surface area contributed by atoms with Crippen LogP contribution in [0.25, 0.3) is 0 Å². The van der Waals surface area contributed by atoms with Gasteiger partial charge in [0, 0.05) is 54.6 Å². The highest BCUT2D eigenvalue weighted by Gasteiger charge is 2.34. The van der Waals surface area contributed by atoms with Crippen LogP contribution >= 0.6 is 34.2 Å². The molecule has 0 aromatic carbocycles. The molecule has 0 N–H and O–H groups in total. The minimum absolute atomic E-state index is 0.134. The predicted octanol–water partition coefficient (Wildman–Crippen LogP) is 2.97. The summed E-state index contributed by atoms with van der Waals surface area (Å²) in [6.45, 7) is 0.604. The van der Waals surface area contributed by atoms with E-state index in [1.54, 1.807) is 6.07 Å². The Kier molecular flexibility index (Phi) is 3.48. The standard InChI is InChI=1S/C9H9ClF2IN3/c10-6-5-7(15-8(13)14-6)16-3-1-9(11,12)2-4-16/h5H,1-4H2. The highest BCUT2D eigenvalue weighted by molar-refractivity contribution is 14.1. The molecule has 2 heterocycles. The summed E-state index contributed by atoms with van der Waals surface area (Å²) in [5.74, 6) is -1.92. The number of hydrogen-bond acceptors (Lipinski definition) is 3. The first-order valence-corrected chi connectivity index (χ1v) is 6.25. The first-order valence-electron chi connectivity index (χ1n) is 4.79. The highest BCUT2D eigenvalue weighted by Crippen LogP contribution is 2.30. The van der Waals surface area contributed by atoms with E-state index in [4.69, 9.17) is 11.6 Å². The number of anilines is 1. The molecule has 0 aliphatic carbocycles. The van der Waals surface area contributed by atoms with Gasteiger partial charge in [-0.3, -0.25) is 0 Å². The predicted molar refractivity (Wildman–Crippen MR) is 66.2 cm³/mol. The van der Waals surface area contributed by atoms with Gasteiger partial charge >= 0.3 is 0 Å². The average molecular weight is 360 g/mol. The Bertz CT molecular complexity index is 372. The van der Waals surface area contributed by atoms with E-state index in [9.17, 15) is 8.78 Å². The van der Waals surface area contributed by atoms with Crippen LogP contribution < -0.4 is 4.90 Å². The van der Waals surface area contributed by atoms with Crippen molar-refractivity contribution in [3.05, 3.63) is 15.1 Å². The molecule has 3 nitrogen and oxygen atoms in total. The SMILES string of the molecule is FC1(F)CCN(c2cc(Cl)nc(I)n2)CC1. The maximum atomic E-state index is 13.0. The van der Waals surface area contributed by atoms with E-state index in [2.05, 4.69) is 9.97 Å². The molecule has 0 unspecified atom stereocenters. The molecule has 1 fully saturated rings. The van der Waals surface area contributed by atoms with Crippen LogP contribution in [-0.2, 0) is 0 Å². The molecule has 1 aromatic rings. The fourth-order valence-electron chi connectivity index (χ4n) is 1.60. The molecule has 1 saturated heterocycles. The van der Waals surface area contributed by atoms with E-state index in [1.165, 1.54) is 0 Å². The van der Waals surface area contributed by atoms with Crippen molar-refractivity contribution in [3.8, 4) is 0 Å². The molecule has 0 bridgehead atoms. The Labute approximate surface area is 110 Å². The van der Waals surface area contributed by atoms with Crippen LogP contribution in [-0.4, -0.2) is 29.0 Å². The Hall–Kier alpha value is -0.240. The van der Waals surface area contributed by atoms with Crippen molar-refractivity contribution in [2.45, 2.75) is 18.8 Å². The summed E-state index contributed by atoms with van der Waals surface area (Å²) in [5.41, 5.74) is 0. The first kappa shape index (κ1) is 12.2. The second kappa shape index (κ2) is 4.56. The molecule has 0 spiro atoms. The summed E-state index contributed by atoms with van der Waals surface area (Å²) in [6, 6.07) is 1.60. The zero-order valence-electron chi connectivity index (χ0n) is 8.26. The molecule has 0 atom stereocenters. The second-order valence-corrected chi connectivity index (χ2v) is 5.01. The van der Waals surface area contributed by atoms with E-state index >= 15 is 0 Å². The Morgan fingerprint density at radius 1 is 1.31 bits per heavy atom.